The zero-order valence-corrected chi connectivity index (χ0v) is 30.0. The maximum atomic E-state index is 14.7. The molecule has 1 N–H and O–H groups in total. The van der Waals surface area contributed by atoms with Gasteiger partial charge in [-0.15, -0.1) is 0 Å². The fourth-order valence-corrected chi connectivity index (χ4v) is 7.12. The summed E-state index contributed by atoms with van der Waals surface area (Å²) in [4.78, 5) is 40.8. The van der Waals surface area contributed by atoms with Gasteiger partial charge in [-0.3, -0.25) is 24.0 Å². The van der Waals surface area contributed by atoms with Gasteiger partial charge in [0, 0.05) is 36.2 Å². The number of sulfonamides is 1. The van der Waals surface area contributed by atoms with E-state index in [4.69, 9.17) is 16.3 Å². The molecule has 50 heavy (non-hydrogen) atoms. The average molecular weight is 721 g/mol. The van der Waals surface area contributed by atoms with Crippen LogP contribution in [-0.4, -0.2) is 56.3 Å². The molecular weight excluding hydrogens is 680 g/mol. The molecule has 1 unspecified atom stereocenters. The Labute approximate surface area is 298 Å². The Kier molecular flexibility index (Phi) is 13.0. The Bertz CT molecular complexity index is 1940. The molecule has 0 bridgehead atoms. The van der Waals surface area contributed by atoms with Crippen LogP contribution in [0.1, 0.15) is 42.0 Å². The molecule has 0 aliphatic carbocycles. The molecule has 0 aliphatic rings. The molecule has 4 aromatic carbocycles. The summed E-state index contributed by atoms with van der Waals surface area (Å²) in [6.07, 6.45) is 1.74. The summed E-state index contributed by atoms with van der Waals surface area (Å²) in [7, 11) is -3.32. The van der Waals surface area contributed by atoms with Crippen LogP contribution in [0, 0.1) is 24.0 Å². The third-order valence-electron chi connectivity index (χ3n) is 8.19. The van der Waals surface area contributed by atoms with Crippen LogP contribution >= 0.6 is 11.6 Å². The zero-order valence-electron chi connectivity index (χ0n) is 28.5. The van der Waals surface area contributed by atoms with E-state index in [2.05, 4.69) is 5.32 Å². The topological polar surface area (TPSA) is 139 Å². The van der Waals surface area contributed by atoms with Crippen molar-refractivity contribution in [1.82, 2.24) is 10.2 Å². The second-order valence-electron chi connectivity index (χ2n) is 11.9. The van der Waals surface area contributed by atoms with E-state index in [1.165, 1.54) is 49.3 Å². The summed E-state index contributed by atoms with van der Waals surface area (Å²) in [5.74, 6) is -0.978. The Balaban J connectivity index is 1.88. The fourth-order valence-electron chi connectivity index (χ4n) is 5.51. The van der Waals surface area contributed by atoms with Gasteiger partial charge in [-0.1, -0.05) is 91.2 Å². The van der Waals surface area contributed by atoms with E-state index in [0.717, 1.165) is 39.9 Å². The molecule has 4 aromatic rings. The summed E-state index contributed by atoms with van der Waals surface area (Å²) in [5.41, 5.74) is 2.29. The van der Waals surface area contributed by atoms with E-state index in [0.29, 0.717) is 6.54 Å². The first kappa shape index (κ1) is 37.9. The van der Waals surface area contributed by atoms with Gasteiger partial charge < -0.3 is 15.0 Å². The first-order valence-corrected chi connectivity index (χ1v) is 18.0. The van der Waals surface area contributed by atoms with Crippen LogP contribution in [0.25, 0.3) is 0 Å². The second-order valence-corrected chi connectivity index (χ2v) is 14.2. The molecule has 0 radical (unpaired) electrons. The van der Waals surface area contributed by atoms with Gasteiger partial charge in [-0.05, 0) is 55.7 Å². The molecule has 0 saturated heterocycles. The van der Waals surface area contributed by atoms with Crippen molar-refractivity contribution >= 4 is 44.8 Å². The zero-order chi connectivity index (χ0) is 36.4. The highest BCUT2D eigenvalue weighted by atomic mass is 35.5. The maximum absolute atomic E-state index is 14.7. The van der Waals surface area contributed by atoms with Crippen LogP contribution in [0.2, 0.25) is 5.02 Å². The number of benzene rings is 4. The first-order chi connectivity index (χ1) is 23.8. The van der Waals surface area contributed by atoms with Crippen LogP contribution in [0.3, 0.4) is 0 Å². The van der Waals surface area contributed by atoms with Crippen molar-refractivity contribution in [3.8, 4) is 5.75 Å². The van der Waals surface area contributed by atoms with Gasteiger partial charge in [0.2, 0.25) is 11.8 Å². The van der Waals surface area contributed by atoms with Gasteiger partial charge in [-0.25, -0.2) is 8.42 Å². The highest BCUT2D eigenvalue weighted by molar-refractivity contribution is 7.92. The number of nitrogens with one attached hydrogen (secondary N) is 1. The van der Waals surface area contributed by atoms with Crippen molar-refractivity contribution in [2.45, 2.75) is 57.5 Å². The standard InChI is InChI=1S/C37H41ClN4O7S/c1-5-6-19-39-37(44)34(21-28-12-8-7-9-13-28)40(24-29-14-10-11-26(2)20-29)36(43)25-41(33-22-30(38)16-18-35(33)49-4)50(47,48)31-17-15-27(3)32(23-31)42(45)46/h7-18,20,22-23,34H,5-6,19,21,24-25H2,1-4H3,(H,39,44). The number of nitro benzene ring substituents is 1. The number of rotatable bonds is 16. The molecule has 4 rings (SSSR count). The summed E-state index contributed by atoms with van der Waals surface area (Å²) in [6.45, 7) is 5.03. The number of methoxy groups -OCH3 is 1. The molecule has 0 spiro atoms. The number of anilines is 1. The third kappa shape index (κ3) is 9.39. The monoisotopic (exact) mass is 720 g/mol. The molecule has 2 amide bonds. The number of nitrogens with zero attached hydrogens (tertiary/aromatic N) is 3. The molecule has 264 valence electrons. The SMILES string of the molecule is CCCCNC(=O)C(Cc1ccccc1)N(Cc1cccc(C)c1)C(=O)CN(c1cc(Cl)ccc1OC)S(=O)(=O)c1ccc(C)c([N+](=O)[O-])c1. The fraction of sp³-hybridized carbons (Fsp3) is 0.297. The Morgan fingerprint density at radius 1 is 0.960 bits per heavy atom. The molecule has 1 atom stereocenters. The smallest absolute Gasteiger partial charge is 0.273 e. The summed E-state index contributed by atoms with van der Waals surface area (Å²) in [6, 6.07) is 23.6. The normalized spacial score (nSPS) is 11.8. The molecule has 0 aromatic heterocycles. The number of unbranched alkanes of at least 4 members (excludes halogenated alkanes) is 1. The lowest BCUT2D eigenvalue weighted by atomic mass is 10.0. The van der Waals surface area contributed by atoms with Gasteiger partial charge in [0.15, 0.2) is 0 Å². The van der Waals surface area contributed by atoms with Crippen molar-refractivity contribution in [3.05, 3.63) is 128 Å². The average Bonchev–Trinajstić information content (AvgIpc) is 3.09. The maximum Gasteiger partial charge on any atom is 0.273 e. The van der Waals surface area contributed by atoms with E-state index in [1.807, 2.05) is 68.4 Å². The number of hydrogen-bond donors (Lipinski definition) is 1. The molecule has 0 fully saturated rings. The molecule has 11 nitrogen and oxygen atoms in total. The Hall–Kier alpha value is -4.94. The molecule has 0 heterocycles. The number of ether oxygens (including phenoxy) is 1. The van der Waals surface area contributed by atoms with E-state index in [9.17, 15) is 28.1 Å². The number of carbonyl (C=O) groups excluding carboxylic acids is 2. The second kappa shape index (κ2) is 17.1. The van der Waals surface area contributed by atoms with Gasteiger partial charge in [0.05, 0.1) is 22.6 Å². The van der Waals surface area contributed by atoms with Crippen LogP contribution in [0.15, 0.2) is 95.9 Å². The van der Waals surface area contributed by atoms with Crippen LogP contribution in [-0.2, 0) is 32.6 Å². The highest BCUT2D eigenvalue weighted by Gasteiger charge is 2.36. The quantitative estimate of drug-likeness (QED) is 0.0779. The Morgan fingerprint density at radius 3 is 2.34 bits per heavy atom. The molecule has 0 aliphatic heterocycles. The van der Waals surface area contributed by atoms with Gasteiger partial charge in [-0.2, -0.15) is 0 Å². The van der Waals surface area contributed by atoms with Gasteiger partial charge in [0.25, 0.3) is 15.7 Å². The van der Waals surface area contributed by atoms with Crippen molar-refractivity contribution in [1.29, 1.82) is 0 Å². The predicted molar refractivity (Wildman–Crippen MR) is 194 cm³/mol. The largest absolute Gasteiger partial charge is 0.495 e. The van der Waals surface area contributed by atoms with E-state index >= 15 is 0 Å². The van der Waals surface area contributed by atoms with Crippen LogP contribution < -0.4 is 14.4 Å². The van der Waals surface area contributed by atoms with Crippen LogP contribution in [0.5, 0.6) is 5.75 Å². The van der Waals surface area contributed by atoms with Crippen LogP contribution in [0.4, 0.5) is 11.4 Å². The third-order valence-corrected chi connectivity index (χ3v) is 10.2. The summed E-state index contributed by atoms with van der Waals surface area (Å²) in [5, 5.41) is 14.9. The van der Waals surface area contributed by atoms with E-state index in [-0.39, 0.29) is 40.9 Å². The minimum atomic E-state index is -4.66. The lowest BCUT2D eigenvalue weighted by molar-refractivity contribution is -0.385. The van der Waals surface area contributed by atoms with Crippen molar-refractivity contribution in [2.75, 3.05) is 24.5 Å². The predicted octanol–water partition coefficient (Wildman–Crippen LogP) is 6.63. The van der Waals surface area contributed by atoms with Gasteiger partial charge >= 0.3 is 0 Å². The highest BCUT2D eigenvalue weighted by Crippen LogP contribution is 2.36. The Morgan fingerprint density at radius 2 is 1.68 bits per heavy atom. The number of halogens is 1. The van der Waals surface area contributed by atoms with E-state index in [1.54, 1.807) is 0 Å². The van der Waals surface area contributed by atoms with Crippen molar-refractivity contribution in [2.24, 2.45) is 0 Å². The number of carbonyl (C=O) groups is 2. The summed E-state index contributed by atoms with van der Waals surface area (Å²) >= 11 is 6.35. The van der Waals surface area contributed by atoms with Crippen molar-refractivity contribution in [3.63, 3.8) is 0 Å². The minimum absolute atomic E-state index is 0.00418. The van der Waals surface area contributed by atoms with Gasteiger partial charge in [0.1, 0.15) is 18.3 Å². The minimum Gasteiger partial charge on any atom is -0.495 e. The first-order valence-electron chi connectivity index (χ1n) is 16.1. The number of amides is 2. The lowest BCUT2D eigenvalue weighted by Crippen LogP contribution is -2.53. The lowest BCUT2D eigenvalue weighted by Gasteiger charge is -2.34. The van der Waals surface area contributed by atoms with E-state index < -0.39 is 44.0 Å². The van der Waals surface area contributed by atoms with Crippen molar-refractivity contribution < 1.29 is 27.7 Å². The molecule has 13 heteroatoms. The number of nitro groups is 1. The molecular formula is C37H41ClN4O7S. The summed E-state index contributed by atoms with van der Waals surface area (Å²) < 4.78 is 35.3. The number of hydrogen-bond acceptors (Lipinski definition) is 7. The molecule has 0 saturated carbocycles. The number of aryl methyl sites for hydroxylation is 2.